The largest absolute Gasteiger partial charge is 0.508 e. The Morgan fingerprint density at radius 3 is 2.42 bits per heavy atom. The maximum absolute atomic E-state index is 13.4. The van der Waals surface area contributed by atoms with Gasteiger partial charge in [-0.15, -0.1) is 0 Å². The van der Waals surface area contributed by atoms with Crippen molar-refractivity contribution < 1.29 is 23.9 Å². The Morgan fingerprint density at radius 1 is 0.958 bits per heavy atom. The zero-order valence-electron chi connectivity index (χ0n) is 12.4. The van der Waals surface area contributed by atoms with Crippen LogP contribution in [0, 0.1) is 5.82 Å². The molecule has 2 rings (SSSR count). The highest BCUT2D eigenvalue weighted by Gasteiger charge is 2.12. The Balaban J connectivity index is 1.80. The van der Waals surface area contributed by atoms with Crippen molar-refractivity contribution in [3.63, 3.8) is 0 Å². The number of halogens is 1. The summed E-state index contributed by atoms with van der Waals surface area (Å²) in [6.45, 7) is -0.451. The lowest BCUT2D eigenvalue weighted by Gasteiger charge is -2.09. The third-order valence-electron chi connectivity index (χ3n) is 2.95. The lowest BCUT2D eigenvalue weighted by molar-refractivity contribution is -0.120. The molecule has 0 radical (unpaired) electrons. The highest BCUT2D eigenvalue weighted by Crippen LogP contribution is 2.10. The molecule has 3 amide bonds. The van der Waals surface area contributed by atoms with Crippen LogP contribution in [-0.4, -0.2) is 29.4 Å². The van der Waals surface area contributed by atoms with Crippen molar-refractivity contribution in [3.8, 4) is 5.75 Å². The Hall–Kier alpha value is -3.42. The van der Waals surface area contributed by atoms with Gasteiger partial charge in [0.15, 0.2) is 0 Å². The van der Waals surface area contributed by atoms with Crippen LogP contribution in [0.1, 0.15) is 20.7 Å². The van der Waals surface area contributed by atoms with Crippen LogP contribution in [0.4, 0.5) is 4.39 Å². The molecule has 0 atom stereocenters. The summed E-state index contributed by atoms with van der Waals surface area (Å²) in [7, 11) is 0. The van der Waals surface area contributed by atoms with Crippen molar-refractivity contribution in [2.24, 2.45) is 0 Å². The van der Waals surface area contributed by atoms with E-state index in [9.17, 15) is 23.9 Å². The van der Waals surface area contributed by atoms with E-state index in [0.717, 1.165) is 6.07 Å². The molecule has 0 heterocycles. The number of hydrogen-bond donors (Lipinski definition) is 4. The summed E-state index contributed by atoms with van der Waals surface area (Å²) in [5, 5.41) is 11.5. The van der Waals surface area contributed by atoms with E-state index in [1.54, 1.807) is 0 Å². The standard InChI is InChI=1S/C16H14FN3O4/c17-13-7-2-1-6-12(13)16(24)18-9-14(22)19-20-15(23)10-4-3-5-11(21)8-10/h1-8,21H,9H2,(H,18,24)(H,19,22)(H,20,23). The highest BCUT2D eigenvalue weighted by atomic mass is 19.1. The van der Waals surface area contributed by atoms with Gasteiger partial charge in [0.1, 0.15) is 11.6 Å². The van der Waals surface area contributed by atoms with Crippen molar-refractivity contribution in [2.45, 2.75) is 0 Å². The van der Waals surface area contributed by atoms with Gasteiger partial charge in [0, 0.05) is 5.56 Å². The SMILES string of the molecule is O=C(CNC(=O)c1ccccc1F)NNC(=O)c1cccc(O)c1. The van der Waals surface area contributed by atoms with E-state index in [0.29, 0.717) is 0 Å². The summed E-state index contributed by atoms with van der Waals surface area (Å²) < 4.78 is 13.4. The average molecular weight is 331 g/mol. The fourth-order valence-corrected chi connectivity index (χ4v) is 1.79. The first kappa shape index (κ1) is 16.9. The molecule has 0 unspecified atom stereocenters. The lowest BCUT2D eigenvalue weighted by Crippen LogP contribution is -2.46. The fraction of sp³-hybridized carbons (Fsp3) is 0.0625. The Morgan fingerprint density at radius 2 is 1.71 bits per heavy atom. The van der Waals surface area contributed by atoms with Crippen molar-refractivity contribution in [1.29, 1.82) is 0 Å². The first-order chi connectivity index (χ1) is 11.5. The van der Waals surface area contributed by atoms with Gasteiger partial charge in [0.2, 0.25) is 0 Å². The van der Waals surface area contributed by atoms with Gasteiger partial charge in [-0.1, -0.05) is 18.2 Å². The number of phenols is 1. The zero-order chi connectivity index (χ0) is 17.5. The number of phenolic OH excluding ortho intramolecular Hbond substituents is 1. The van der Waals surface area contributed by atoms with Gasteiger partial charge in [-0.25, -0.2) is 4.39 Å². The third-order valence-corrected chi connectivity index (χ3v) is 2.95. The average Bonchev–Trinajstić information content (AvgIpc) is 2.58. The summed E-state index contributed by atoms with van der Waals surface area (Å²) in [5.41, 5.74) is 4.18. The van der Waals surface area contributed by atoms with Crippen LogP contribution in [-0.2, 0) is 4.79 Å². The summed E-state index contributed by atoms with van der Waals surface area (Å²) in [6.07, 6.45) is 0. The minimum absolute atomic E-state index is 0.0915. The lowest BCUT2D eigenvalue weighted by atomic mass is 10.2. The molecule has 0 spiro atoms. The maximum Gasteiger partial charge on any atom is 0.269 e. The predicted molar refractivity (Wildman–Crippen MR) is 82.4 cm³/mol. The van der Waals surface area contributed by atoms with Gasteiger partial charge in [0.25, 0.3) is 17.7 Å². The van der Waals surface area contributed by atoms with E-state index < -0.39 is 30.1 Å². The summed E-state index contributed by atoms with van der Waals surface area (Å²) >= 11 is 0. The van der Waals surface area contributed by atoms with Gasteiger partial charge in [-0.3, -0.25) is 25.2 Å². The molecule has 0 aliphatic rings. The van der Waals surface area contributed by atoms with E-state index in [1.165, 1.54) is 42.5 Å². The van der Waals surface area contributed by atoms with E-state index in [4.69, 9.17) is 0 Å². The van der Waals surface area contributed by atoms with Gasteiger partial charge >= 0.3 is 0 Å². The molecule has 4 N–H and O–H groups in total. The van der Waals surface area contributed by atoms with Crippen LogP contribution in [0.3, 0.4) is 0 Å². The van der Waals surface area contributed by atoms with Gasteiger partial charge in [-0.05, 0) is 30.3 Å². The molecule has 2 aromatic carbocycles. The Kier molecular flexibility index (Phi) is 5.45. The number of carbonyl (C=O) groups is 3. The summed E-state index contributed by atoms with van der Waals surface area (Å²) in [6, 6.07) is 10.9. The second-order valence-electron chi connectivity index (χ2n) is 4.72. The van der Waals surface area contributed by atoms with Crippen LogP contribution < -0.4 is 16.2 Å². The molecular formula is C16H14FN3O4. The first-order valence-electron chi connectivity index (χ1n) is 6.88. The number of aromatic hydroxyl groups is 1. The van der Waals surface area contributed by atoms with Crippen LogP contribution in [0.2, 0.25) is 0 Å². The van der Waals surface area contributed by atoms with Crippen molar-refractivity contribution in [2.75, 3.05) is 6.54 Å². The molecule has 0 saturated heterocycles. The van der Waals surface area contributed by atoms with Crippen LogP contribution in [0.5, 0.6) is 5.75 Å². The predicted octanol–water partition coefficient (Wildman–Crippen LogP) is 0.722. The molecule has 124 valence electrons. The third kappa shape index (κ3) is 4.54. The molecule has 0 aliphatic heterocycles. The topological polar surface area (TPSA) is 108 Å². The van der Waals surface area contributed by atoms with Crippen LogP contribution >= 0.6 is 0 Å². The number of hydrazine groups is 1. The monoisotopic (exact) mass is 331 g/mol. The number of carbonyl (C=O) groups excluding carboxylic acids is 3. The number of nitrogens with one attached hydrogen (secondary N) is 3. The Bertz CT molecular complexity index is 779. The molecule has 2 aromatic rings. The van der Waals surface area contributed by atoms with Gasteiger partial charge in [0.05, 0.1) is 12.1 Å². The number of rotatable bonds is 4. The minimum Gasteiger partial charge on any atom is -0.508 e. The van der Waals surface area contributed by atoms with E-state index >= 15 is 0 Å². The molecule has 8 heteroatoms. The van der Waals surface area contributed by atoms with Gasteiger partial charge in [-0.2, -0.15) is 0 Å². The van der Waals surface area contributed by atoms with E-state index in [2.05, 4.69) is 16.2 Å². The van der Waals surface area contributed by atoms with E-state index in [-0.39, 0.29) is 16.9 Å². The fourth-order valence-electron chi connectivity index (χ4n) is 1.79. The molecule has 0 fully saturated rings. The quantitative estimate of drug-likeness (QED) is 0.619. The molecule has 0 saturated carbocycles. The van der Waals surface area contributed by atoms with E-state index in [1.807, 2.05) is 0 Å². The van der Waals surface area contributed by atoms with Gasteiger partial charge < -0.3 is 10.4 Å². The second-order valence-corrected chi connectivity index (χ2v) is 4.72. The first-order valence-corrected chi connectivity index (χ1v) is 6.88. The maximum atomic E-state index is 13.4. The summed E-state index contributed by atoms with van der Waals surface area (Å²) in [4.78, 5) is 35.0. The molecule has 7 nitrogen and oxygen atoms in total. The molecule has 0 aromatic heterocycles. The molecule has 0 aliphatic carbocycles. The number of benzene rings is 2. The van der Waals surface area contributed by atoms with Crippen LogP contribution in [0.25, 0.3) is 0 Å². The molecular weight excluding hydrogens is 317 g/mol. The smallest absolute Gasteiger partial charge is 0.269 e. The highest BCUT2D eigenvalue weighted by molar-refractivity contribution is 5.98. The Labute approximate surface area is 136 Å². The number of hydrogen-bond acceptors (Lipinski definition) is 4. The van der Waals surface area contributed by atoms with Crippen molar-refractivity contribution >= 4 is 17.7 Å². The molecule has 0 bridgehead atoms. The summed E-state index contributed by atoms with van der Waals surface area (Å²) in [5.74, 6) is -2.88. The zero-order valence-corrected chi connectivity index (χ0v) is 12.4. The van der Waals surface area contributed by atoms with Crippen molar-refractivity contribution in [1.82, 2.24) is 16.2 Å². The van der Waals surface area contributed by atoms with Crippen LogP contribution in [0.15, 0.2) is 48.5 Å². The normalized spacial score (nSPS) is 9.88. The molecule has 24 heavy (non-hydrogen) atoms. The second kappa shape index (κ2) is 7.73. The number of amides is 3. The van der Waals surface area contributed by atoms with Crippen molar-refractivity contribution in [3.05, 3.63) is 65.5 Å². The minimum atomic E-state index is -0.748.